The van der Waals surface area contributed by atoms with Crippen LogP contribution in [0.1, 0.15) is 42.9 Å². The van der Waals surface area contributed by atoms with Gasteiger partial charge in [0.2, 0.25) is 15.9 Å². The number of carbonyl (C=O) groups excluding carboxylic acids is 1. The van der Waals surface area contributed by atoms with Crippen LogP contribution in [0, 0.1) is 5.92 Å². The van der Waals surface area contributed by atoms with E-state index in [1.165, 1.54) is 0 Å². The van der Waals surface area contributed by atoms with E-state index in [1.54, 1.807) is 25.3 Å². The van der Waals surface area contributed by atoms with Crippen molar-refractivity contribution in [2.24, 2.45) is 5.92 Å². The molecule has 2 aliphatic carbocycles. The van der Waals surface area contributed by atoms with E-state index in [0.29, 0.717) is 49.9 Å². The van der Waals surface area contributed by atoms with Gasteiger partial charge in [0.15, 0.2) is 0 Å². The highest BCUT2D eigenvalue weighted by Gasteiger charge is 2.38. The number of benzene rings is 2. The van der Waals surface area contributed by atoms with Crippen LogP contribution in [0.3, 0.4) is 0 Å². The van der Waals surface area contributed by atoms with Crippen molar-refractivity contribution in [2.45, 2.75) is 56.5 Å². The molecule has 1 saturated carbocycles. The lowest BCUT2D eigenvalue weighted by Crippen LogP contribution is -2.41. The molecule has 1 N–H and O–H groups in total. The number of rotatable bonds is 12. The van der Waals surface area contributed by atoms with Crippen LogP contribution in [0.25, 0.3) is 0 Å². The number of sulfonamides is 1. The second-order valence-corrected chi connectivity index (χ2v) is 11.4. The molecule has 2 aromatic carbocycles. The van der Waals surface area contributed by atoms with Crippen molar-refractivity contribution in [3.05, 3.63) is 58.1 Å². The fraction of sp³-hybridized carbons (Fsp3) is 0.500. The number of amides is 1. The summed E-state index contributed by atoms with van der Waals surface area (Å²) in [6, 6.07) is 10.7. The Morgan fingerprint density at radius 3 is 2.60 bits per heavy atom. The van der Waals surface area contributed by atoms with Crippen LogP contribution in [0.5, 0.6) is 5.75 Å². The van der Waals surface area contributed by atoms with E-state index in [9.17, 15) is 13.2 Å². The van der Waals surface area contributed by atoms with Crippen LogP contribution in [-0.4, -0.2) is 52.1 Å². The third-order valence-corrected chi connectivity index (χ3v) is 8.19. The van der Waals surface area contributed by atoms with Gasteiger partial charge in [-0.3, -0.25) is 4.79 Å². The number of fused-ring (bicyclic) bond motifs is 1. The normalized spacial score (nSPS) is 17.3. The first-order valence-corrected chi connectivity index (χ1v) is 14.0. The largest absolute Gasteiger partial charge is 0.491 e. The molecule has 0 saturated heterocycles. The van der Waals surface area contributed by atoms with Gasteiger partial charge in [-0.25, -0.2) is 13.1 Å². The molecule has 1 atom stereocenters. The van der Waals surface area contributed by atoms with Gasteiger partial charge in [-0.05, 0) is 73.6 Å². The van der Waals surface area contributed by atoms with E-state index in [2.05, 4.69) is 4.72 Å². The first kappa shape index (κ1) is 25.9. The lowest BCUT2D eigenvalue weighted by atomic mass is 10.1. The van der Waals surface area contributed by atoms with Gasteiger partial charge < -0.3 is 14.4 Å². The second-order valence-electron chi connectivity index (χ2n) is 9.22. The van der Waals surface area contributed by atoms with E-state index >= 15 is 0 Å². The highest BCUT2D eigenvalue weighted by atomic mass is 35.5. The van der Waals surface area contributed by atoms with Crippen molar-refractivity contribution in [1.82, 2.24) is 9.62 Å². The number of carbonyl (C=O) groups is 1. The lowest BCUT2D eigenvalue weighted by molar-refractivity contribution is -0.135. The Morgan fingerprint density at radius 1 is 1.11 bits per heavy atom. The molecule has 0 spiro atoms. The van der Waals surface area contributed by atoms with Crippen LogP contribution in [-0.2, 0) is 38.9 Å². The van der Waals surface area contributed by atoms with Crippen LogP contribution in [0.2, 0.25) is 5.02 Å². The van der Waals surface area contributed by atoms with E-state index in [1.807, 2.05) is 30.0 Å². The zero-order valence-corrected chi connectivity index (χ0v) is 21.8. The topological polar surface area (TPSA) is 84.9 Å². The number of hydrogen-bond acceptors (Lipinski definition) is 5. The van der Waals surface area contributed by atoms with Crippen LogP contribution >= 0.6 is 11.6 Å². The van der Waals surface area contributed by atoms with Gasteiger partial charge in [-0.2, -0.15) is 0 Å². The van der Waals surface area contributed by atoms with Gasteiger partial charge in [-0.1, -0.05) is 24.6 Å². The minimum Gasteiger partial charge on any atom is -0.491 e. The molecule has 0 radical (unpaired) electrons. The summed E-state index contributed by atoms with van der Waals surface area (Å²) in [6.07, 6.45) is 3.86. The fourth-order valence-corrected chi connectivity index (χ4v) is 5.84. The van der Waals surface area contributed by atoms with Gasteiger partial charge in [0.05, 0.1) is 11.5 Å². The number of nitrogens with zero attached hydrogens (tertiary/aromatic N) is 1. The third kappa shape index (κ3) is 6.36. The molecule has 0 aromatic heterocycles. The van der Waals surface area contributed by atoms with Gasteiger partial charge in [-0.15, -0.1) is 0 Å². The van der Waals surface area contributed by atoms with E-state index in [-0.39, 0.29) is 22.8 Å². The molecule has 0 bridgehead atoms. The SMILES string of the molecule is CCCNS(=O)(=O)c1ccc2c(c1)CC(N(Cc1cc(Cl)ccc1OCCOC)C(=O)C1CC1)C2. The quantitative estimate of drug-likeness (QED) is 0.428. The average Bonchev–Trinajstić information content (AvgIpc) is 3.60. The number of methoxy groups -OCH3 is 1. The van der Waals surface area contributed by atoms with Crippen molar-refractivity contribution in [3.8, 4) is 5.75 Å². The Labute approximate surface area is 212 Å². The summed E-state index contributed by atoms with van der Waals surface area (Å²) in [6.45, 7) is 3.58. The molecule has 7 nitrogen and oxygen atoms in total. The number of nitrogens with one attached hydrogen (secondary N) is 1. The molecule has 1 amide bonds. The zero-order valence-electron chi connectivity index (χ0n) is 20.3. The molecule has 1 fully saturated rings. The Balaban J connectivity index is 1.56. The maximum absolute atomic E-state index is 13.4. The summed E-state index contributed by atoms with van der Waals surface area (Å²) in [4.78, 5) is 15.6. The van der Waals surface area contributed by atoms with Gasteiger partial charge >= 0.3 is 0 Å². The Bertz CT molecular complexity index is 1170. The first-order valence-electron chi connectivity index (χ1n) is 12.1. The van der Waals surface area contributed by atoms with Gasteiger partial charge in [0.25, 0.3) is 0 Å². The highest BCUT2D eigenvalue weighted by molar-refractivity contribution is 7.89. The standard InChI is InChI=1S/C26H33ClN2O5S/c1-3-10-28-35(31,32)24-8-6-19-14-23(15-20(19)16-24)29(26(30)18-4-5-18)17-21-13-22(27)7-9-25(21)34-12-11-33-2/h6-9,13,16,18,23,28H,3-5,10-12,14-15,17H2,1-2H3. The van der Waals surface area contributed by atoms with E-state index in [4.69, 9.17) is 21.1 Å². The minimum absolute atomic E-state index is 0.0505. The highest BCUT2D eigenvalue weighted by Crippen LogP contribution is 2.36. The molecule has 35 heavy (non-hydrogen) atoms. The zero-order chi connectivity index (χ0) is 25.0. The molecular weight excluding hydrogens is 488 g/mol. The van der Waals surface area contributed by atoms with Crippen molar-refractivity contribution in [3.63, 3.8) is 0 Å². The van der Waals surface area contributed by atoms with Crippen LogP contribution in [0.4, 0.5) is 0 Å². The summed E-state index contributed by atoms with van der Waals surface area (Å²) in [5.74, 6) is 0.888. The van der Waals surface area contributed by atoms with Crippen LogP contribution in [0.15, 0.2) is 41.3 Å². The smallest absolute Gasteiger partial charge is 0.240 e. The van der Waals surface area contributed by atoms with Gasteiger partial charge in [0.1, 0.15) is 12.4 Å². The maximum atomic E-state index is 13.4. The van der Waals surface area contributed by atoms with Crippen LogP contribution < -0.4 is 9.46 Å². The first-order chi connectivity index (χ1) is 16.8. The number of halogens is 1. The molecule has 2 aliphatic rings. The average molecular weight is 521 g/mol. The number of hydrogen-bond donors (Lipinski definition) is 1. The van der Waals surface area contributed by atoms with E-state index < -0.39 is 10.0 Å². The summed E-state index contributed by atoms with van der Waals surface area (Å²) < 4.78 is 38.9. The summed E-state index contributed by atoms with van der Waals surface area (Å²) in [5.41, 5.74) is 2.91. The molecule has 2 aromatic rings. The molecule has 0 heterocycles. The fourth-order valence-electron chi connectivity index (χ4n) is 4.46. The lowest BCUT2D eigenvalue weighted by Gasteiger charge is -2.30. The van der Waals surface area contributed by atoms with Crippen molar-refractivity contribution in [1.29, 1.82) is 0 Å². The molecule has 1 unspecified atom stereocenters. The molecule has 4 rings (SSSR count). The predicted molar refractivity (Wildman–Crippen MR) is 135 cm³/mol. The van der Waals surface area contributed by atoms with Crippen molar-refractivity contribution >= 4 is 27.5 Å². The monoisotopic (exact) mass is 520 g/mol. The Kier molecular flexibility index (Phi) is 8.37. The second kappa shape index (κ2) is 11.3. The molecule has 190 valence electrons. The Morgan fingerprint density at radius 2 is 1.89 bits per heavy atom. The molecule has 0 aliphatic heterocycles. The maximum Gasteiger partial charge on any atom is 0.240 e. The van der Waals surface area contributed by atoms with Gasteiger partial charge in [0, 0.05) is 42.7 Å². The third-order valence-electron chi connectivity index (χ3n) is 6.50. The number of ether oxygens (including phenoxy) is 2. The van der Waals surface area contributed by atoms with Crippen molar-refractivity contribution < 1.29 is 22.7 Å². The predicted octanol–water partition coefficient (Wildman–Crippen LogP) is 3.96. The summed E-state index contributed by atoms with van der Waals surface area (Å²) in [5, 5.41) is 0.585. The van der Waals surface area contributed by atoms with Crippen molar-refractivity contribution in [2.75, 3.05) is 26.9 Å². The molecule has 9 heteroatoms. The Hall–Kier alpha value is -2.13. The summed E-state index contributed by atoms with van der Waals surface area (Å²) >= 11 is 6.30. The molecular formula is C26H33ClN2O5S. The summed E-state index contributed by atoms with van der Waals surface area (Å²) in [7, 11) is -1.92. The minimum atomic E-state index is -3.54. The van der Waals surface area contributed by atoms with E-state index in [0.717, 1.165) is 36.0 Å².